The molecule has 0 saturated carbocycles. The predicted octanol–water partition coefficient (Wildman–Crippen LogP) is 2.17. The zero-order valence-corrected chi connectivity index (χ0v) is 24.7. The number of aliphatic carboxylic acids is 1. The molecule has 0 saturated heterocycles. The van der Waals surface area contributed by atoms with Gasteiger partial charge in [0.25, 0.3) is 0 Å². The first-order valence-corrected chi connectivity index (χ1v) is 15.5. The summed E-state index contributed by atoms with van der Waals surface area (Å²) in [6, 6.07) is 18.1. The van der Waals surface area contributed by atoms with Crippen molar-refractivity contribution in [3.8, 4) is 11.1 Å². The molecule has 0 radical (unpaired) electrons. The van der Waals surface area contributed by atoms with Crippen molar-refractivity contribution in [3.63, 3.8) is 0 Å². The first kappa shape index (κ1) is 35.7. The fourth-order valence-corrected chi connectivity index (χ4v) is 5.06. The molecule has 3 aromatic rings. The first-order valence-electron chi connectivity index (χ1n) is 12.1. The van der Waals surface area contributed by atoms with E-state index in [1.54, 1.807) is 66.7 Å². The second-order valence-electron chi connectivity index (χ2n) is 9.10. The number of hydrogen-bond acceptors (Lipinski definition) is 8. The number of hydrogen-bond donors (Lipinski definition) is 5. The van der Waals surface area contributed by atoms with E-state index in [1.807, 2.05) is 0 Å². The van der Waals surface area contributed by atoms with Crippen molar-refractivity contribution >= 4 is 43.4 Å². The Hall–Kier alpha value is -4.52. The highest BCUT2D eigenvalue weighted by atomic mass is 32.2. The molecule has 0 heterocycles. The molecule has 0 fully saturated rings. The van der Waals surface area contributed by atoms with Gasteiger partial charge in [-0.05, 0) is 41.8 Å². The lowest BCUT2D eigenvalue weighted by atomic mass is 10.0. The average Bonchev–Trinajstić information content (AvgIpc) is 2.94. The Balaban J connectivity index is 0.000000860. The summed E-state index contributed by atoms with van der Waals surface area (Å²) in [5.41, 5.74) is 7.99. The van der Waals surface area contributed by atoms with Crippen molar-refractivity contribution in [2.45, 2.75) is 23.5 Å². The van der Waals surface area contributed by atoms with Crippen molar-refractivity contribution < 1.29 is 49.9 Å². The molecular formula is C26H28F3N5O8S2. The minimum atomic E-state index is -5.08. The molecule has 0 bridgehead atoms. The van der Waals surface area contributed by atoms with E-state index in [-0.39, 0.29) is 17.2 Å². The van der Waals surface area contributed by atoms with Crippen molar-refractivity contribution in [1.29, 1.82) is 0 Å². The van der Waals surface area contributed by atoms with Gasteiger partial charge in [-0.3, -0.25) is 4.79 Å². The summed E-state index contributed by atoms with van der Waals surface area (Å²) in [7, 11) is -6.38. The first-order chi connectivity index (χ1) is 20.3. The number of halogens is 3. The van der Waals surface area contributed by atoms with Crippen LogP contribution in [0.1, 0.15) is 11.1 Å². The van der Waals surface area contributed by atoms with E-state index in [0.717, 1.165) is 10.6 Å². The molecule has 0 aliphatic rings. The molecule has 0 aromatic heterocycles. The molecule has 13 nitrogen and oxygen atoms in total. The number of carboxylic acids is 1. The van der Waals surface area contributed by atoms with E-state index in [1.165, 1.54) is 13.1 Å². The quantitative estimate of drug-likeness (QED) is 0.0981. The number of carboxylic acid groups (broad SMARTS) is 1. The predicted molar refractivity (Wildman–Crippen MR) is 155 cm³/mol. The molecule has 0 aliphatic carbocycles. The number of benzene rings is 3. The SMILES string of the molecule is CN(C(Cc1cccc(/C(N)=N/O)c1)C(=O)Nc1ccc(-c2ccccc2S(N)(=O)=O)cc1)S(C)(=O)=O.O=C(O)C(F)(F)F. The molecule has 3 rings (SSSR count). The largest absolute Gasteiger partial charge is 0.490 e. The number of amides is 1. The second kappa shape index (κ2) is 14.3. The number of alkyl halides is 3. The van der Waals surface area contributed by atoms with Gasteiger partial charge < -0.3 is 21.4 Å². The fraction of sp³-hybridized carbons (Fsp3) is 0.192. The third-order valence-corrected chi connectivity index (χ3v) is 8.19. The maximum absolute atomic E-state index is 13.2. The third-order valence-electron chi connectivity index (χ3n) is 5.92. The molecule has 1 amide bonds. The summed E-state index contributed by atoms with van der Waals surface area (Å²) in [6.45, 7) is 0. The average molecular weight is 660 g/mol. The minimum absolute atomic E-state index is 0.0156. The van der Waals surface area contributed by atoms with Crippen LogP contribution < -0.4 is 16.2 Å². The second-order valence-corrected chi connectivity index (χ2v) is 12.7. The van der Waals surface area contributed by atoms with Crippen LogP contribution in [0.25, 0.3) is 11.1 Å². The number of carbonyl (C=O) groups is 2. The Bertz CT molecular complexity index is 1750. The van der Waals surface area contributed by atoms with E-state index in [0.29, 0.717) is 27.9 Å². The van der Waals surface area contributed by atoms with Crippen LogP contribution in [-0.2, 0) is 36.1 Å². The molecular weight excluding hydrogens is 631 g/mol. The van der Waals surface area contributed by atoms with E-state index in [2.05, 4.69) is 10.5 Å². The maximum atomic E-state index is 13.2. The van der Waals surface area contributed by atoms with Gasteiger partial charge in [0.1, 0.15) is 6.04 Å². The summed E-state index contributed by atoms with van der Waals surface area (Å²) in [5, 5.41) is 27.0. The number of oxime groups is 1. The van der Waals surface area contributed by atoms with Gasteiger partial charge in [-0.25, -0.2) is 26.8 Å². The lowest BCUT2D eigenvalue weighted by Crippen LogP contribution is -2.46. The Kier molecular flexibility index (Phi) is 11.6. The number of nitrogens with zero attached hydrogens (tertiary/aromatic N) is 2. The number of carbonyl (C=O) groups excluding carboxylic acids is 1. The van der Waals surface area contributed by atoms with Crippen molar-refractivity contribution in [2.75, 3.05) is 18.6 Å². The Labute approximate surface area is 250 Å². The number of likely N-dealkylation sites (N-methyl/N-ethyl adjacent to an activating group) is 1. The number of primary sulfonamides is 1. The normalized spacial score (nSPS) is 13.0. The summed E-state index contributed by atoms with van der Waals surface area (Å²) in [5.74, 6) is -3.46. The smallest absolute Gasteiger partial charge is 0.475 e. The molecule has 0 aliphatic heterocycles. The molecule has 44 heavy (non-hydrogen) atoms. The van der Waals surface area contributed by atoms with Crippen LogP contribution >= 0.6 is 0 Å². The maximum Gasteiger partial charge on any atom is 0.490 e. The molecule has 18 heteroatoms. The zero-order valence-electron chi connectivity index (χ0n) is 23.1. The van der Waals surface area contributed by atoms with E-state index in [4.69, 9.17) is 26.0 Å². The van der Waals surface area contributed by atoms with Gasteiger partial charge in [0.15, 0.2) is 5.84 Å². The standard InChI is InChI=1S/C24H27N5O6S2.C2HF3O2/c1-29(36(2,32)33)21(15-16-6-5-7-18(14-16)23(25)28-31)24(30)27-19-12-10-17(11-13-19)20-8-3-4-9-22(20)37(26,34)35;3-2(4,5)1(6)7/h3-14,21,31H,15H2,1-2H3,(H2,25,28)(H,27,30)(H2,26,34,35);(H,6,7). The summed E-state index contributed by atoms with van der Waals surface area (Å²) >= 11 is 0. The monoisotopic (exact) mass is 659 g/mol. The van der Waals surface area contributed by atoms with Crippen LogP contribution in [0.4, 0.5) is 18.9 Å². The number of nitrogens with one attached hydrogen (secondary N) is 1. The fourth-order valence-electron chi connectivity index (χ4n) is 3.67. The highest BCUT2D eigenvalue weighted by molar-refractivity contribution is 7.89. The van der Waals surface area contributed by atoms with Crippen LogP contribution in [0.15, 0.2) is 82.8 Å². The van der Waals surface area contributed by atoms with Crippen LogP contribution in [0.3, 0.4) is 0 Å². The summed E-state index contributed by atoms with van der Waals surface area (Å²) < 4.78 is 81.1. The molecule has 1 atom stereocenters. The third kappa shape index (κ3) is 10.0. The molecule has 238 valence electrons. The van der Waals surface area contributed by atoms with Crippen LogP contribution in [-0.4, -0.2) is 74.7 Å². The van der Waals surface area contributed by atoms with Gasteiger partial charge in [0.2, 0.25) is 26.0 Å². The number of sulfonamides is 2. The van der Waals surface area contributed by atoms with E-state index < -0.39 is 44.1 Å². The molecule has 1 unspecified atom stereocenters. The summed E-state index contributed by atoms with van der Waals surface area (Å²) in [6.07, 6.45) is -4.07. The minimum Gasteiger partial charge on any atom is -0.475 e. The van der Waals surface area contributed by atoms with Crippen molar-refractivity contribution in [2.24, 2.45) is 16.0 Å². The number of anilines is 1. The lowest BCUT2D eigenvalue weighted by molar-refractivity contribution is -0.192. The highest BCUT2D eigenvalue weighted by Crippen LogP contribution is 2.28. The highest BCUT2D eigenvalue weighted by Gasteiger charge is 2.38. The topological polar surface area (TPSA) is 223 Å². The van der Waals surface area contributed by atoms with Gasteiger partial charge in [0, 0.05) is 23.9 Å². The number of rotatable bonds is 9. The van der Waals surface area contributed by atoms with Gasteiger partial charge in [-0.2, -0.15) is 17.5 Å². The number of nitrogens with two attached hydrogens (primary N) is 2. The molecule has 7 N–H and O–H groups in total. The molecule has 0 spiro atoms. The zero-order chi connectivity index (χ0) is 33.5. The van der Waals surface area contributed by atoms with E-state index in [9.17, 15) is 34.8 Å². The van der Waals surface area contributed by atoms with Gasteiger partial charge in [-0.15, -0.1) is 0 Å². The van der Waals surface area contributed by atoms with E-state index >= 15 is 0 Å². The Morgan fingerprint density at radius 1 is 1.00 bits per heavy atom. The van der Waals surface area contributed by atoms with Crippen molar-refractivity contribution in [3.05, 3.63) is 83.9 Å². The van der Waals surface area contributed by atoms with Crippen LogP contribution in [0.2, 0.25) is 0 Å². The lowest BCUT2D eigenvalue weighted by Gasteiger charge is -2.25. The summed E-state index contributed by atoms with van der Waals surface area (Å²) in [4.78, 5) is 22.1. The van der Waals surface area contributed by atoms with Crippen LogP contribution in [0, 0.1) is 0 Å². The van der Waals surface area contributed by atoms with Gasteiger partial charge >= 0.3 is 12.1 Å². The van der Waals surface area contributed by atoms with Gasteiger partial charge in [-0.1, -0.05) is 53.7 Å². The Morgan fingerprint density at radius 2 is 1.57 bits per heavy atom. The molecule has 3 aromatic carbocycles. The van der Waals surface area contributed by atoms with Gasteiger partial charge in [0.05, 0.1) is 11.2 Å². The number of amidine groups is 1. The van der Waals surface area contributed by atoms with Crippen LogP contribution in [0.5, 0.6) is 0 Å². The Morgan fingerprint density at radius 3 is 2.07 bits per heavy atom. The van der Waals surface area contributed by atoms with Crippen molar-refractivity contribution in [1.82, 2.24) is 4.31 Å².